The maximum Gasteiger partial charge on any atom is 0.226 e. The molecule has 0 aliphatic heterocycles. The highest BCUT2D eigenvalue weighted by Gasteiger charge is 2.10. The lowest BCUT2D eigenvalue weighted by Gasteiger charge is -2.09. The minimum atomic E-state index is 0.119. The first-order valence-corrected chi connectivity index (χ1v) is 6.40. The number of hydrogen-bond acceptors (Lipinski definition) is 5. The molecule has 0 fully saturated rings. The highest BCUT2D eigenvalue weighted by atomic mass is 35.5. The molecule has 2 heterocycles. The first kappa shape index (κ1) is 13.0. The summed E-state index contributed by atoms with van der Waals surface area (Å²) in [5, 5.41) is 3.78. The van der Waals surface area contributed by atoms with Gasteiger partial charge in [-0.05, 0) is 23.7 Å². The Morgan fingerprint density at radius 2 is 2.10 bits per heavy atom. The molecule has 0 aliphatic rings. The molecule has 0 saturated carbocycles. The van der Waals surface area contributed by atoms with Gasteiger partial charge in [-0.2, -0.15) is 9.97 Å². The highest BCUT2D eigenvalue weighted by molar-refractivity contribution is 6.32. The molecule has 0 saturated heterocycles. The Morgan fingerprint density at radius 3 is 2.90 bits per heavy atom. The lowest BCUT2D eigenvalue weighted by molar-refractivity contribution is 0.415. The van der Waals surface area contributed by atoms with Gasteiger partial charge in [-0.3, -0.25) is 0 Å². The number of aromatic amines is 1. The third-order valence-electron chi connectivity index (χ3n) is 2.67. The molecule has 1 aromatic carbocycles. The monoisotopic (exact) mass is 309 g/mol. The van der Waals surface area contributed by atoms with Crippen molar-refractivity contribution in [2.24, 2.45) is 0 Å². The summed E-state index contributed by atoms with van der Waals surface area (Å²) >= 11 is 11.9. The number of ether oxygens (including phenoxy) is 1. The predicted octanol–water partition coefficient (Wildman–Crippen LogP) is 3.41. The summed E-state index contributed by atoms with van der Waals surface area (Å²) in [5.74, 6) is 1.10. The predicted molar refractivity (Wildman–Crippen MR) is 78.0 cm³/mol. The van der Waals surface area contributed by atoms with Gasteiger partial charge in [-0.25, -0.2) is 4.98 Å². The second-order valence-electron chi connectivity index (χ2n) is 3.92. The van der Waals surface area contributed by atoms with Crippen LogP contribution in [-0.4, -0.2) is 27.0 Å². The average molecular weight is 310 g/mol. The second-order valence-corrected chi connectivity index (χ2v) is 4.66. The zero-order chi connectivity index (χ0) is 14.1. The van der Waals surface area contributed by atoms with E-state index in [9.17, 15) is 0 Å². The first-order chi connectivity index (χ1) is 9.67. The van der Waals surface area contributed by atoms with E-state index in [2.05, 4.69) is 25.3 Å². The third kappa shape index (κ3) is 2.35. The standard InChI is InChI=1S/C12H9Cl2N5O/c1-20-8-4-6(2-3-7(8)13)17-11-9-10(16-5-15-9)18-12(14)19-11/h2-5H,1H3,(H2,15,16,17,18,19). The van der Waals surface area contributed by atoms with Crippen molar-refractivity contribution in [3.05, 3.63) is 34.8 Å². The number of benzene rings is 1. The Kier molecular flexibility index (Phi) is 3.33. The second kappa shape index (κ2) is 5.15. The molecule has 3 aromatic rings. The summed E-state index contributed by atoms with van der Waals surface area (Å²) in [7, 11) is 1.56. The quantitative estimate of drug-likeness (QED) is 0.725. The molecular weight excluding hydrogens is 301 g/mol. The molecule has 2 aromatic heterocycles. The molecule has 2 N–H and O–H groups in total. The Hall–Kier alpha value is -2.05. The van der Waals surface area contributed by atoms with E-state index in [-0.39, 0.29) is 5.28 Å². The summed E-state index contributed by atoms with van der Waals surface area (Å²) in [6.07, 6.45) is 1.53. The number of rotatable bonds is 3. The van der Waals surface area contributed by atoms with Gasteiger partial charge in [0.1, 0.15) is 11.3 Å². The van der Waals surface area contributed by atoms with Crippen LogP contribution in [-0.2, 0) is 0 Å². The lowest BCUT2D eigenvalue weighted by Crippen LogP contribution is -1.97. The SMILES string of the molecule is COc1cc(Nc2nc(Cl)nc3nc[nH]c23)ccc1Cl. The zero-order valence-electron chi connectivity index (χ0n) is 10.3. The molecule has 102 valence electrons. The van der Waals surface area contributed by atoms with Crippen molar-refractivity contribution < 1.29 is 4.74 Å². The van der Waals surface area contributed by atoms with Crippen LogP contribution in [0.4, 0.5) is 11.5 Å². The number of H-pyrrole nitrogens is 1. The van der Waals surface area contributed by atoms with Gasteiger partial charge in [-0.1, -0.05) is 11.6 Å². The van der Waals surface area contributed by atoms with E-state index in [1.807, 2.05) is 6.07 Å². The largest absolute Gasteiger partial charge is 0.495 e. The fraction of sp³-hybridized carbons (Fsp3) is 0.0833. The Balaban J connectivity index is 2.02. The summed E-state index contributed by atoms with van der Waals surface area (Å²) in [6, 6.07) is 5.30. The Labute approximate surface area is 124 Å². The Bertz CT molecular complexity index is 774. The van der Waals surface area contributed by atoms with Crippen molar-refractivity contribution in [1.82, 2.24) is 19.9 Å². The van der Waals surface area contributed by atoms with E-state index in [0.717, 1.165) is 5.69 Å². The number of nitrogens with zero attached hydrogens (tertiary/aromatic N) is 3. The van der Waals surface area contributed by atoms with Crippen LogP contribution in [0.15, 0.2) is 24.5 Å². The number of methoxy groups -OCH3 is 1. The van der Waals surface area contributed by atoms with Crippen LogP contribution in [0.5, 0.6) is 5.75 Å². The molecule has 0 spiro atoms. The lowest BCUT2D eigenvalue weighted by atomic mass is 10.3. The van der Waals surface area contributed by atoms with E-state index in [1.54, 1.807) is 19.2 Å². The first-order valence-electron chi connectivity index (χ1n) is 5.64. The molecule has 0 amide bonds. The van der Waals surface area contributed by atoms with Crippen LogP contribution in [0.2, 0.25) is 10.3 Å². The van der Waals surface area contributed by atoms with E-state index < -0.39 is 0 Å². The van der Waals surface area contributed by atoms with Gasteiger partial charge in [0.2, 0.25) is 5.28 Å². The summed E-state index contributed by atoms with van der Waals surface area (Å²) in [4.78, 5) is 15.2. The molecule has 0 radical (unpaired) electrons. The van der Waals surface area contributed by atoms with E-state index >= 15 is 0 Å². The number of nitrogens with one attached hydrogen (secondary N) is 2. The van der Waals surface area contributed by atoms with E-state index in [0.29, 0.717) is 27.8 Å². The molecule has 0 unspecified atom stereocenters. The molecule has 3 rings (SSSR count). The Morgan fingerprint density at radius 1 is 1.25 bits per heavy atom. The van der Waals surface area contributed by atoms with Crippen molar-refractivity contribution in [3.8, 4) is 5.75 Å². The van der Waals surface area contributed by atoms with Gasteiger partial charge in [0, 0.05) is 11.8 Å². The summed E-state index contributed by atoms with van der Waals surface area (Å²) in [6.45, 7) is 0. The topological polar surface area (TPSA) is 75.7 Å². The van der Waals surface area contributed by atoms with Gasteiger partial charge in [0.15, 0.2) is 11.5 Å². The van der Waals surface area contributed by atoms with Crippen LogP contribution in [0.25, 0.3) is 11.2 Å². The van der Waals surface area contributed by atoms with Gasteiger partial charge in [0.25, 0.3) is 0 Å². The van der Waals surface area contributed by atoms with E-state index in [4.69, 9.17) is 27.9 Å². The summed E-state index contributed by atoms with van der Waals surface area (Å²) in [5.41, 5.74) is 1.92. The maximum absolute atomic E-state index is 5.99. The van der Waals surface area contributed by atoms with Crippen molar-refractivity contribution in [2.45, 2.75) is 0 Å². The smallest absolute Gasteiger partial charge is 0.226 e. The van der Waals surface area contributed by atoms with Crippen LogP contribution in [0, 0.1) is 0 Å². The van der Waals surface area contributed by atoms with Crippen LogP contribution in [0.1, 0.15) is 0 Å². The molecular formula is C12H9Cl2N5O. The van der Waals surface area contributed by atoms with Gasteiger partial charge < -0.3 is 15.0 Å². The number of anilines is 2. The fourth-order valence-corrected chi connectivity index (χ4v) is 2.13. The number of aromatic nitrogens is 4. The normalized spacial score (nSPS) is 10.8. The molecule has 20 heavy (non-hydrogen) atoms. The van der Waals surface area contributed by atoms with Crippen molar-refractivity contribution in [3.63, 3.8) is 0 Å². The van der Waals surface area contributed by atoms with Gasteiger partial charge in [0.05, 0.1) is 18.5 Å². The number of halogens is 2. The molecule has 8 heteroatoms. The summed E-state index contributed by atoms with van der Waals surface area (Å²) < 4.78 is 5.17. The third-order valence-corrected chi connectivity index (χ3v) is 3.15. The van der Waals surface area contributed by atoms with Crippen molar-refractivity contribution >= 4 is 45.9 Å². The highest BCUT2D eigenvalue weighted by Crippen LogP contribution is 2.30. The number of hydrogen-bond donors (Lipinski definition) is 2. The average Bonchev–Trinajstić information content (AvgIpc) is 2.89. The van der Waals surface area contributed by atoms with Gasteiger partial charge >= 0.3 is 0 Å². The minimum absolute atomic E-state index is 0.119. The zero-order valence-corrected chi connectivity index (χ0v) is 11.8. The maximum atomic E-state index is 5.99. The van der Waals surface area contributed by atoms with Crippen molar-refractivity contribution in [1.29, 1.82) is 0 Å². The van der Waals surface area contributed by atoms with Crippen LogP contribution >= 0.6 is 23.2 Å². The molecule has 6 nitrogen and oxygen atoms in total. The molecule has 0 atom stereocenters. The minimum Gasteiger partial charge on any atom is -0.495 e. The van der Waals surface area contributed by atoms with Gasteiger partial charge in [-0.15, -0.1) is 0 Å². The fourth-order valence-electron chi connectivity index (χ4n) is 1.77. The number of fused-ring (bicyclic) bond motifs is 1. The van der Waals surface area contributed by atoms with Crippen molar-refractivity contribution in [2.75, 3.05) is 12.4 Å². The van der Waals surface area contributed by atoms with E-state index in [1.165, 1.54) is 6.33 Å². The molecule has 0 aliphatic carbocycles. The van der Waals surface area contributed by atoms with Crippen LogP contribution in [0.3, 0.4) is 0 Å². The molecule has 0 bridgehead atoms. The van der Waals surface area contributed by atoms with Crippen LogP contribution < -0.4 is 10.1 Å². The number of imidazole rings is 1.